The highest BCUT2D eigenvalue weighted by Gasteiger charge is 2.24. The smallest absolute Gasteiger partial charge is 0.252 e. The van der Waals surface area contributed by atoms with Crippen LogP contribution in [0.25, 0.3) is 0 Å². The zero-order chi connectivity index (χ0) is 22.4. The van der Waals surface area contributed by atoms with Crippen molar-refractivity contribution >= 4 is 17.7 Å². The SMILES string of the molecule is Cc1ccccc1C(=O)NC(CC(C)C)C(=O)NCc1ccc(C(=O)NC2CC2)cc1. The van der Waals surface area contributed by atoms with Crippen LogP contribution in [-0.4, -0.2) is 29.8 Å². The molecule has 1 saturated carbocycles. The van der Waals surface area contributed by atoms with Gasteiger partial charge in [-0.25, -0.2) is 0 Å². The molecule has 1 fully saturated rings. The Kier molecular flexibility index (Phi) is 7.45. The molecule has 0 spiro atoms. The van der Waals surface area contributed by atoms with Crippen LogP contribution in [0.4, 0.5) is 0 Å². The third-order valence-electron chi connectivity index (χ3n) is 5.31. The monoisotopic (exact) mass is 421 g/mol. The van der Waals surface area contributed by atoms with E-state index in [9.17, 15) is 14.4 Å². The lowest BCUT2D eigenvalue weighted by atomic mass is 10.0. The van der Waals surface area contributed by atoms with Crippen LogP contribution in [0, 0.1) is 12.8 Å². The van der Waals surface area contributed by atoms with Crippen LogP contribution < -0.4 is 16.0 Å². The van der Waals surface area contributed by atoms with E-state index < -0.39 is 6.04 Å². The van der Waals surface area contributed by atoms with E-state index in [0.29, 0.717) is 30.1 Å². The molecule has 0 aliphatic heterocycles. The minimum atomic E-state index is -0.615. The molecule has 1 atom stereocenters. The van der Waals surface area contributed by atoms with E-state index in [1.54, 1.807) is 18.2 Å². The van der Waals surface area contributed by atoms with Crippen molar-refractivity contribution in [2.24, 2.45) is 5.92 Å². The van der Waals surface area contributed by atoms with Gasteiger partial charge in [-0.2, -0.15) is 0 Å². The summed E-state index contributed by atoms with van der Waals surface area (Å²) >= 11 is 0. The van der Waals surface area contributed by atoms with Gasteiger partial charge in [-0.05, 0) is 61.4 Å². The molecule has 164 valence electrons. The Morgan fingerprint density at radius 3 is 2.26 bits per heavy atom. The molecular weight excluding hydrogens is 390 g/mol. The second-order valence-corrected chi connectivity index (χ2v) is 8.63. The van der Waals surface area contributed by atoms with Gasteiger partial charge in [-0.15, -0.1) is 0 Å². The number of nitrogens with one attached hydrogen (secondary N) is 3. The minimum Gasteiger partial charge on any atom is -0.350 e. The molecule has 0 saturated heterocycles. The predicted molar refractivity (Wildman–Crippen MR) is 121 cm³/mol. The zero-order valence-electron chi connectivity index (χ0n) is 18.4. The van der Waals surface area contributed by atoms with Crippen molar-refractivity contribution in [3.05, 3.63) is 70.8 Å². The fourth-order valence-corrected chi connectivity index (χ4v) is 3.35. The van der Waals surface area contributed by atoms with E-state index in [4.69, 9.17) is 0 Å². The van der Waals surface area contributed by atoms with Gasteiger partial charge >= 0.3 is 0 Å². The van der Waals surface area contributed by atoms with Gasteiger partial charge in [-0.1, -0.05) is 44.2 Å². The van der Waals surface area contributed by atoms with Gasteiger partial charge in [0, 0.05) is 23.7 Å². The second kappa shape index (κ2) is 10.2. The Morgan fingerprint density at radius 2 is 1.65 bits per heavy atom. The van der Waals surface area contributed by atoms with E-state index in [1.165, 1.54) is 0 Å². The van der Waals surface area contributed by atoms with Crippen molar-refractivity contribution in [1.82, 2.24) is 16.0 Å². The number of hydrogen-bond acceptors (Lipinski definition) is 3. The summed E-state index contributed by atoms with van der Waals surface area (Å²) in [7, 11) is 0. The lowest BCUT2D eigenvalue weighted by molar-refractivity contribution is -0.123. The van der Waals surface area contributed by atoms with Gasteiger partial charge in [0.25, 0.3) is 11.8 Å². The number of aryl methyl sites for hydroxylation is 1. The summed E-state index contributed by atoms with van der Waals surface area (Å²) in [6.45, 7) is 6.25. The van der Waals surface area contributed by atoms with Crippen molar-refractivity contribution in [3.8, 4) is 0 Å². The first-order chi connectivity index (χ1) is 14.8. The topological polar surface area (TPSA) is 87.3 Å². The standard InChI is InChI=1S/C25H31N3O3/c1-16(2)14-22(28-24(30)21-7-5-4-6-17(21)3)25(31)26-15-18-8-10-19(11-9-18)23(29)27-20-12-13-20/h4-11,16,20,22H,12-15H2,1-3H3,(H,26,31)(H,27,29)(H,28,30). The molecule has 6 heteroatoms. The normalized spacial score (nSPS) is 14.1. The summed E-state index contributed by atoms with van der Waals surface area (Å²) in [5, 5.41) is 8.76. The molecule has 1 aliphatic rings. The zero-order valence-corrected chi connectivity index (χ0v) is 18.4. The van der Waals surface area contributed by atoms with Crippen molar-refractivity contribution in [1.29, 1.82) is 0 Å². The number of rotatable bonds is 9. The number of hydrogen-bond donors (Lipinski definition) is 3. The summed E-state index contributed by atoms with van der Waals surface area (Å²) in [5.74, 6) is -0.276. The van der Waals surface area contributed by atoms with Crippen LogP contribution in [0.1, 0.15) is 65.0 Å². The molecular formula is C25H31N3O3. The van der Waals surface area contributed by atoms with Gasteiger partial charge in [0.1, 0.15) is 6.04 Å². The van der Waals surface area contributed by atoms with Gasteiger partial charge in [0.2, 0.25) is 5.91 Å². The van der Waals surface area contributed by atoms with Crippen molar-refractivity contribution in [2.45, 2.75) is 58.7 Å². The molecule has 1 aliphatic carbocycles. The molecule has 0 bridgehead atoms. The minimum absolute atomic E-state index is 0.0611. The average Bonchev–Trinajstić information content (AvgIpc) is 3.55. The molecule has 1 unspecified atom stereocenters. The van der Waals surface area contributed by atoms with Gasteiger partial charge in [0.05, 0.1) is 0 Å². The fourth-order valence-electron chi connectivity index (χ4n) is 3.35. The summed E-state index contributed by atoms with van der Waals surface area (Å²) < 4.78 is 0. The van der Waals surface area contributed by atoms with Crippen molar-refractivity contribution < 1.29 is 14.4 Å². The van der Waals surface area contributed by atoms with Gasteiger partial charge in [-0.3, -0.25) is 14.4 Å². The molecule has 3 rings (SSSR count). The van der Waals surface area contributed by atoms with E-state index in [0.717, 1.165) is 24.0 Å². The molecule has 3 N–H and O–H groups in total. The van der Waals surface area contributed by atoms with Crippen molar-refractivity contribution in [3.63, 3.8) is 0 Å². The largest absolute Gasteiger partial charge is 0.350 e. The van der Waals surface area contributed by atoms with E-state index >= 15 is 0 Å². The molecule has 0 heterocycles. The highest BCUT2D eigenvalue weighted by atomic mass is 16.2. The van der Waals surface area contributed by atoms with E-state index in [1.807, 2.05) is 51.1 Å². The molecule has 2 aromatic rings. The summed E-state index contributed by atoms with van der Waals surface area (Å²) in [6, 6.07) is 14.2. The van der Waals surface area contributed by atoms with Gasteiger partial charge in [0.15, 0.2) is 0 Å². The molecule has 0 radical (unpaired) electrons. The van der Waals surface area contributed by atoms with Crippen LogP contribution in [0.3, 0.4) is 0 Å². The molecule has 6 nitrogen and oxygen atoms in total. The van der Waals surface area contributed by atoms with Crippen LogP contribution in [-0.2, 0) is 11.3 Å². The van der Waals surface area contributed by atoms with Crippen LogP contribution in [0.15, 0.2) is 48.5 Å². The molecule has 2 aromatic carbocycles. The number of carbonyl (C=O) groups excluding carboxylic acids is 3. The van der Waals surface area contributed by atoms with Crippen molar-refractivity contribution in [2.75, 3.05) is 0 Å². The maximum Gasteiger partial charge on any atom is 0.252 e. The lowest BCUT2D eigenvalue weighted by Gasteiger charge is -2.21. The Balaban J connectivity index is 1.58. The maximum absolute atomic E-state index is 12.8. The van der Waals surface area contributed by atoms with E-state index in [2.05, 4.69) is 16.0 Å². The first-order valence-corrected chi connectivity index (χ1v) is 10.9. The second-order valence-electron chi connectivity index (χ2n) is 8.63. The quantitative estimate of drug-likeness (QED) is 0.580. The highest BCUT2D eigenvalue weighted by molar-refractivity contribution is 5.98. The first kappa shape index (κ1) is 22.5. The average molecular weight is 422 g/mol. The Hall–Kier alpha value is -3.15. The number of amides is 3. The number of benzene rings is 2. The fraction of sp³-hybridized carbons (Fsp3) is 0.400. The number of carbonyl (C=O) groups is 3. The van der Waals surface area contributed by atoms with Crippen LogP contribution in [0.2, 0.25) is 0 Å². The van der Waals surface area contributed by atoms with Gasteiger partial charge < -0.3 is 16.0 Å². The third kappa shape index (κ3) is 6.67. The summed E-state index contributed by atoms with van der Waals surface area (Å²) in [4.78, 5) is 37.6. The molecule has 0 aromatic heterocycles. The predicted octanol–water partition coefficient (Wildman–Crippen LogP) is 3.35. The van der Waals surface area contributed by atoms with Crippen LogP contribution >= 0.6 is 0 Å². The molecule has 31 heavy (non-hydrogen) atoms. The Labute approximate surface area is 183 Å². The third-order valence-corrected chi connectivity index (χ3v) is 5.31. The summed E-state index contributed by atoms with van der Waals surface area (Å²) in [5.41, 5.74) is 2.95. The highest BCUT2D eigenvalue weighted by Crippen LogP contribution is 2.19. The van der Waals surface area contributed by atoms with Crippen LogP contribution in [0.5, 0.6) is 0 Å². The maximum atomic E-state index is 12.8. The summed E-state index contributed by atoms with van der Waals surface area (Å²) in [6.07, 6.45) is 2.64. The lowest BCUT2D eigenvalue weighted by Crippen LogP contribution is -2.47. The first-order valence-electron chi connectivity index (χ1n) is 10.9. The Morgan fingerprint density at radius 1 is 0.968 bits per heavy atom. The van der Waals surface area contributed by atoms with E-state index in [-0.39, 0.29) is 23.6 Å². The molecule has 3 amide bonds. The Bertz CT molecular complexity index is 933.